The lowest BCUT2D eigenvalue weighted by Gasteiger charge is -2.27. The SMILES string of the molecule is CCCc1nc(N)c(C)c(N(C)C(C)Cc2cccs2)n1. The second-order valence-corrected chi connectivity index (χ2v) is 6.50. The van der Waals surface area contributed by atoms with E-state index in [9.17, 15) is 0 Å². The molecular formula is C16H24N4S. The molecule has 5 heteroatoms. The molecular weight excluding hydrogens is 280 g/mol. The van der Waals surface area contributed by atoms with E-state index in [0.717, 1.165) is 36.5 Å². The summed E-state index contributed by atoms with van der Waals surface area (Å²) in [4.78, 5) is 12.7. The van der Waals surface area contributed by atoms with Crippen LogP contribution in [0.3, 0.4) is 0 Å². The van der Waals surface area contributed by atoms with Crippen LogP contribution < -0.4 is 10.6 Å². The number of anilines is 2. The third-order valence-electron chi connectivity index (χ3n) is 3.75. The maximum absolute atomic E-state index is 6.05. The van der Waals surface area contributed by atoms with Gasteiger partial charge in [-0.15, -0.1) is 11.3 Å². The zero-order valence-electron chi connectivity index (χ0n) is 13.3. The Morgan fingerprint density at radius 3 is 2.76 bits per heavy atom. The van der Waals surface area contributed by atoms with Gasteiger partial charge in [0.25, 0.3) is 0 Å². The second kappa shape index (κ2) is 6.89. The van der Waals surface area contributed by atoms with Crippen molar-refractivity contribution in [2.45, 2.75) is 46.1 Å². The standard InChI is InChI=1S/C16H24N4S/c1-5-7-14-18-15(17)12(3)16(19-14)20(4)11(2)10-13-8-6-9-21-13/h6,8-9,11H,5,7,10H2,1-4H3,(H2,17,18,19). The van der Waals surface area contributed by atoms with Crippen molar-refractivity contribution in [3.05, 3.63) is 33.8 Å². The Balaban J connectivity index is 2.22. The maximum Gasteiger partial charge on any atom is 0.137 e. The van der Waals surface area contributed by atoms with Gasteiger partial charge in [0.1, 0.15) is 17.5 Å². The lowest BCUT2D eigenvalue weighted by molar-refractivity contribution is 0.673. The number of nitrogen functional groups attached to an aromatic ring is 1. The minimum Gasteiger partial charge on any atom is -0.383 e. The van der Waals surface area contributed by atoms with E-state index >= 15 is 0 Å². The van der Waals surface area contributed by atoms with Crippen LogP contribution in [0.15, 0.2) is 17.5 Å². The molecule has 2 N–H and O–H groups in total. The molecule has 0 spiro atoms. The molecule has 2 aromatic rings. The minimum absolute atomic E-state index is 0.367. The first-order valence-corrected chi connectivity index (χ1v) is 8.29. The number of aromatic nitrogens is 2. The smallest absolute Gasteiger partial charge is 0.137 e. The lowest BCUT2D eigenvalue weighted by atomic mass is 10.1. The van der Waals surface area contributed by atoms with Crippen LogP contribution in [-0.2, 0) is 12.8 Å². The van der Waals surface area contributed by atoms with Crippen molar-refractivity contribution in [1.82, 2.24) is 9.97 Å². The third kappa shape index (κ3) is 3.73. The Labute approximate surface area is 131 Å². The number of nitrogens with two attached hydrogens (primary N) is 1. The highest BCUT2D eigenvalue weighted by atomic mass is 32.1. The van der Waals surface area contributed by atoms with E-state index in [0.29, 0.717) is 11.9 Å². The van der Waals surface area contributed by atoms with E-state index in [1.807, 2.05) is 6.92 Å². The maximum atomic E-state index is 6.05. The molecule has 1 atom stereocenters. The number of nitrogens with zero attached hydrogens (tertiary/aromatic N) is 3. The van der Waals surface area contributed by atoms with Gasteiger partial charge in [-0.25, -0.2) is 9.97 Å². The number of thiophene rings is 1. The Kier molecular flexibility index (Phi) is 5.17. The van der Waals surface area contributed by atoms with Crippen LogP contribution in [0.1, 0.15) is 36.5 Å². The number of aryl methyl sites for hydroxylation is 1. The van der Waals surface area contributed by atoms with Gasteiger partial charge in [-0.3, -0.25) is 0 Å². The summed E-state index contributed by atoms with van der Waals surface area (Å²) in [7, 11) is 2.09. The monoisotopic (exact) mass is 304 g/mol. The second-order valence-electron chi connectivity index (χ2n) is 5.47. The van der Waals surface area contributed by atoms with E-state index in [1.54, 1.807) is 11.3 Å². The van der Waals surface area contributed by atoms with Crippen LogP contribution in [0, 0.1) is 6.92 Å². The van der Waals surface area contributed by atoms with E-state index < -0.39 is 0 Å². The molecule has 0 amide bonds. The molecule has 0 saturated carbocycles. The van der Waals surface area contributed by atoms with Gasteiger partial charge in [0.15, 0.2) is 0 Å². The van der Waals surface area contributed by atoms with Crippen LogP contribution in [0.25, 0.3) is 0 Å². The highest BCUT2D eigenvalue weighted by Gasteiger charge is 2.17. The predicted octanol–water partition coefficient (Wildman–Crippen LogP) is 3.45. The fourth-order valence-electron chi connectivity index (χ4n) is 2.31. The average molecular weight is 304 g/mol. The van der Waals surface area contributed by atoms with Gasteiger partial charge in [0.05, 0.1) is 0 Å². The summed E-state index contributed by atoms with van der Waals surface area (Å²) in [5.74, 6) is 2.39. The molecule has 2 heterocycles. The number of hydrogen-bond acceptors (Lipinski definition) is 5. The summed E-state index contributed by atoms with van der Waals surface area (Å²) in [6.45, 7) is 6.34. The first kappa shape index (κ1) is 15.8. The summed E-state index contributed by atoms with van der Waals surface area (Å²) < 4.78 is 0. The topological polar surface area (TPSA) is 55.0 Å². The quantitative estimate of drug-likeness (QED) is 0.888. The summed E-state index contributed by atoms with van der Waals surface area (Å²) in [6.07, 6.45) is 2.90. The molecule has 0 fully saturated rings. The van der Waals surface area contributed by atoms with Gasteiger partial charge in [0.2, 0.25) is 0 Å². The van der Waals surface area contributed by atoms with Crippen LogP contribution >= 0.6 is 11.3 Å². The van der Waals surface area contributed by atoms with Gasteiger partial charge < -0.3 is 10.6 Å². The summed E-state index contributed by atoms with van der Waals surface area (Å²) in [5.41, 5.74) is 7.02. The van der Waals surface area contributed by atoms with E-state index in [1.165, 1.54) is 4.88 Å². The molecule has 1 unspecified atom stereocenters. The Hall–Kier alpha value is -1.62. The number of likely N-dealkylation sites (N-methyl/N-ethyl adjacent to an activating group) is 1. The van der Waals surface area contributed by atoms with Gasteiger partial charge in [0, 0.05) is 36.4 Å². The Morgan fingerprint density at radius 2 is 2.14 bits per heavy atom. The summed E-state index contributed by atoms with van der Waals surface area (Å²) >= 11 is 1.80. The van der Waals surface area contributed by atoms with Gasteiger partial charge >= 0.3 is 0 Å². The van der Waals surface area contributed by atoms with Gasteiger partial charge in [-0.1, -0.05) is 13.0 Å². The number of rotatable bonds is 6. The third-order valence-corrected chi connectivity index (χ3v) is 4.65. The molecule has 2 rings (SSSR count). The first-order chi connectivity index (χ1) is 10.0. The molecule has 0 aliphatic carbocycles. The van der Waals surface area contributed by atoms with Crippen LogP contribution in [0.5, 0.6) is 0 Å². The molecule has 0 aromatic carbocycles. The van der Waals surface area contributed by atoms with Crippen molar-refractivity contribution < 1.29 is 0 Å². The predicted molar refractivity (Wildman–Crippen MR) is 91.1 cm³/mol. The highest BCUT2D eigenvalue weighted by molar-refractivity contribution is 7.09. The van der Waals surface area contributed by atoms with Crippen molar-refractivity contribution in [3.63, 3.8) is 0 Å². The Morgan fingerprint density at radius 1 is 1.38 bits per heavy atom. The summed E-state index contributed by atoms with van der Waals surface area (Å²) in [5, 5.41) is 2.12. The zero-order chi connectivity index (χ0) is 15.4. The van der Waals surface area contributed by atoms with E-state index in [4.69, 9.17) is 10.7 Å². The van der Waals surface area contributed by atoms with Crippen LogP contribution in [-0.4, -0.2) is 23.1 Å². The van der Waals surface area contributed by atoms with Crippen molar-refractivity contribution >= 4 is 23.0 Å². The van der Waals surface area contributed by atoms with Crippen LogP contribution in [0.4, 0.5) is 11.6 Å². The fourth-order valence-corrected chi connectivity index (χ4v) is 3.14. The molecule has 114 valence electrons. The normalized spacial score (nSPS) is 12.4. The summed E-state index contributed by atoms with van der Waals surface area (Å²) in [6, 6.07) is 4.64. The van der Waals surface area contributed by atoms with Crippen molar-refractivity contribution in [2.75, 3.05) is 17.7 Å². The molecule has 21 heavy (non-hydrogen) atoms. The van der Waals surface area contributed by atoms with Crippen molar-refractivity contribution in [1.29, 1.82) is 0 Å². The molecule has 0 radical (unpaired) electrons. The van der Waals surface area contributed by atoms with Crippen LogP contribution in [0.2, 0.25) is 0 Å². The van der Waals surface area contributed by atoms with Crippen molar-refractivity contribution in [2.24, 2.45) is 0 Å². The Bertz CT molecular complexity index is 580. The molecule has 0 aliphatic rings. The van der Waals surface area contributed by atoms with E-state index in [-0.39, 0.29) is 0 Å². The first-order valence-electron chi connectivity index (χ1n) is 7.41. The molecule has 2 aromatic heterocycles. The molecule has 0 aliphatic heterocycles. The minimum atomic E-state index is 0.367. The zero-order valence-corrected chi connectivity index (χ0v) is 14.1. The highest BCUT2D eigenvalue weighted by Crippen LogP contribution is 2.24. The largest absolute Gasteiger partial charge is 0.383 e. The molecule has 0 bridgehead atoms. The molecule has 0 saturated heterocycles. The lowest BCUT2D eigenvalue weighted by Crippen LogP contribution is -2.32. The van der Waals surface area contributed by atoms with E-state index in [2.05, 4.69) is 48.3 Å². The number of hydrogen-bond donors (Lipinski definition) is 1. The van der Waals surface area contributed by atoms with Gasteiger partial charge in [-0.05, 0) is 31.7 Å². The van der Waals surface area contributed by atoms with Gasteiger partial charge in [-0.2, -0.15) is 0 Å². The average Bonchev–Trinajstić information content (AvgIpc) is 2.95. The fraction of sp³-hybridized carbons (Fsp3) is 0.500. The van der Waals surface area contributed by atoms with Crippen molar-refractivity contribution in [3.8, 4) is 0 Å². The molecule has 4 nitrogen and oxygen atoms in total.